The molecule has 0 fully saturated rings. The lowest BCUT2D eigenvalue weighted by Crippen LogP contribution is -2.26. The number of ether oxygens (including phenoxy) is 3. The highest BCUT2D eigenvalue weighted by atomic mass is 16.5. The van der Waals surface area contributed by atoms with Gasteiger partial charge in [-0.05, 0) is 36.4 Å². The molecule has 0 unspecified atom stereocenters. The van der Waals surface area contributed by atoms with Crippen molar-refractivity contribution < 1.29 is 19.0 Å². The van der Waals surface area contributed by atoms with Crippen LogP contribution in [0.3, 0.4) is 0 Å². The molecule has 0 saturated heterocycles. The van der Waals surface area contributed by atoms with Gasteiger partial charge in [-0.3, -0.25) is 4.79 Å². The predicted molar refractivity (Wildman–Crippen MR) is 114 cm³/mol. The van der Waals surface area contributed by atoms with Gasteiger partial charge in [0.05, 0.1) is 25.9 Å². The van der Waals surface area contributed by atoms with Gasteiger partial charge >= 0.3 is 0 Å². The molecule has 0 atom stereocenters. The van der Waals surface area contributed by atoms with Crippen molar-refractivity contribution in [1.82, 2.24) is 0 Å². The zero-order valence-corrected chi connectivity index (χ0v) is 17.1. The predicted octanol–water partition coefficient (Wildman–Crippen LogP) is 4.43. The quantitative estimate of drug-likeness (QED) is 0.585. The second kappa shape index (κ2) is 9.48. The molecule has 0 N–H and O–H groups in total. The fraction of sp³-hybridized carbons (Fsp3) is 0.167. The Morgan fingerprint density at radius 2 is 1.73 bits per heavy atom. The van der Waals surface area contributed by atoms with Crippen LogP contribution in [0.25, 0.3) is 0 Å². The summed E-state index contributed by atoms with van der Waals surface area (Å²) in [5.41, 5.74) is 2.52. The van der Waals surface area contributed by atoms with Gasteiger partial charge in [0.2, 0.25) is 0 Å². The number of nitrogens with zero attached hydrogens (tertiary/aromatic N) is 2. The first-order valence-electron chi connectivity index (χ1n) is 9.28. The van der Waals surface area contributed by atoms with Crippen LogP contribution >= 0.6 is 0 Å². The van der Waals surface area contributed by atoms with Gasteiger partial charge in [-0.1, -0.05) is 24.3 Å². The van der Waals surface area contributed by atoms with Gasteiger partial charge in [0, 0.05) is 29.9 Å². The maximum absolute atomic E-state index is 13.0. The molecule has 0 bridgehead atoms. The number of hydrogen-bond donors (Lipinski definition) is 0. The van der Waals surface area contributed by atoms with E-state index < -0.39 is 0 Å². The molecular formula is C24H22N2O4. The molecule has 0 radical (unpaired) electrons. The lowest BCUT2D eigenvalue weighted by molar-refractivity contribution is 0.0992. The number of rotatable bonds is 7. The van der Waals surface area contributed by atoms with E-state index in [1.54, 1.807) is 69.8 Å². The third-order valence-electron chi connectivity index (χ3n) is 4.67. The van der Waals surface area contributed by atoms with E-state index in [2.05, 4.69) is 6.07 Å². The molecule has 0 heterocycles. The lowest BCUT2D eigenvalue weighted by Gasteiger charge is -2.19. The number of anilines is 1. The van der Waals surface area contributed by atoms with Crippen LogP contribution in [0.4, 0.5) is 5.69 Å². The van der Waals surface area contributed by atoms with E-state index in [0.29, 0.717) is 34.1 Å². The summed E-state index contributed by atoms with van der Waals surface area (Å²) in [5, 5.41) is 9.20. The van der Waals surface area contributed by atoms with Crippen LogP contribution in [0.1, 0.15) is 21.5 Å². The molecule has 6 heteroatoms. The number of carbonyl (C=O) groups is 1. The minimum atomic E-state index is -0.190. The summed E-state index contributed by atoms with van der Waals surface area (Å²) < 4.78 is 16.4. The summed E-state index contributed by atoms with van der Waals surface area (Å²) >= 11 is 0. The van der Waals surface area contributed by atoms with Crippen LogP contribution in [-0.2, 0) is 6.61 Å². The third-order valence-corrected chi connectivity index (χ3v) is 4.67. The fourth-order valence-electron chi connectivity index (χ4n) is 2.98. The first-order valence-corrected chi connectivity index (χ1v) is 9.28. The number of carbonyl (C=O) groups excluding carboxylic acids is 1. The molecule has 0 aromatic heterocycles. The summed E-state index contributed by atoms with van der Waals surface area (Å²) in [6.07, 6.45) is 0. The second-order valence-corrected chi connectivity index (χ2v) is 6.49. The topological polar surface area (TPSA) is 71.8 Å². The molecule has 0 aliphatic carbocycles. The van der Waals surface area contributed by atoms with Crippen molar-refractivity contribution in [1.29, 1.82) is 5.26 Å². The summed E-state index contributed by atoms with van der Waals surface area (Å²) in [7, 11) is 4.81. The molecule has 152 valence electrons. The molecule has 3 rings (SSSR count). The van der Waals surface area contributed by atoms with E-state index >= 15 is 0 Å². The maximum atomic E-state index is 13.0. The molecule has 3 aromatic carbocycles. The molecule has 6 nitrogen and oxygen atoms in total. The normalized spacial score (nSPS) is 10.1. The van der Waals surface area contributed by atoms with Crippen molar-refractivity contribution in [2.45, 2.75) is 6.61 Å². The number of nitriles is 1. The molecule has 0 spiro atoms. The Hall–Kier alpha value is -3.98. The van der Waals surface area contributed by atoms with Gasteiger partial charge < -0.3 is 19.1 Å². The Morgan fingerprint density at radius 1 is 0.967 bits per heavy atom. The van der Waals surface area contributed by atoms with Crippen molar-refractivity contribution >= 4 is 11.6 Å². The zero-order valence-electron chi connectivity index (χ0n) is 17.1. The molecular weight excluding hydrogens is 380 g/mol. The molecule has 0 saturated carbocycles. The monoisotopic (exact) mass is 402 g/mol. The van der Waals surface area contributed by atoms with Crippen molar-refractivity contribution in [3.8, 4) is 23.3 Å². The van der Waals surface area contributed by atoms with Crippen LogP contribution in [0.15, 0.2) is 66.7 Å². The second-order valence-electron chi connectivity index (χ2n) is 6.49. The van der Waals surface area contributed by atoms with Crippen LogP contribution in [0.5, 0.6) is 17.2 Å². The summed E-state index contributed by atoms with van der Waals surface area (Å²) in [5.74, 6) is 1.50. The van der Waals surface area contributed by atoms with E-state index in [1.165, 1.54) is 4.90 Å². The van der Waals surface area contributed by atoms with Crippen LogP contribution in [0, 0.1) is 11.3 Å². The third kappa shape index (κ3) is 4.53. The summed E-state index contributed by atoms with van der Waals surface area (Å²) in [6, 6.07) is 21.7. The first kappa shape index (κ1) is 20.7. The smallest absolute Gasteiger partial charge is 0.258 e. The Bertz CT molecular complexity index is 1090. The van der Waals surface area contributed by atoms with E-state index in [0.717, 1.165) is 5.56 Å². The van der Waals surface area contributed by atoms with E-state index in [1.807, 2.05) is 18.2 Å². The van der Waals surface area contributed by atoms with Gasteiger partial charge in [0.25, 0.3) is 5.91 Å². The molecule has 0 aliphatic heterocycles. The van der Waals surface area contributed by atoms with E-state index in [-0.39, 0.29) is 12.5 Å². The zero-order chi connectivity index (χ0) is 21.5. The Balaban J connectivity index is 1.76. The molecule has 3 aromatic rings. The number of methoxy groups -OCH3 is 2. The molecule has 1 amide bonds. The standard InChI is InChI=1S/C24H22N2O4/c1-26(20-11-12-22(28-2)23(14-20)29-3)24(27)17-9-6-10-21(13-17)30-16-19-8-5-4-7-18(19)15-25/h4-14H,16H2,1-3H3. The minimum Gasteiger partial charge on any atom is -0.493 e. The van der Waals surface area contributed by atoms with Crippen molar-refractivity contribution in [3.63, 3.8) is 0 Å². The fourth-order valence-corrected chi connectivity index (χ4v) is 2.98. The van der Waals surface area contributed by atoms with Crippen LogP contribution < -0.4 is 19.1 Å². The molecule has 0 aliphatic rings. The highest BCUT2D eigenvalue weighted by Crippen LogP contribution is 2.31. The Labute approximate surface area is 175 Å². The average molecular weight is 402 g/mol. The SMILES string of the molecule is COc1ccc(N(C)C(=O)c2cccc(OCc3ccccc3C#N)c2)cc1OC. The Kier molecular flexibility index (Phi) is 6.56. The average Bonchev–Trinajstić information content (AvgIpc) is 2.81. The van der Waals surface area contributed by atoms with E-state index in [4.69, 9.17) is 14.2 Å². The Morgan fingerprint density at radius 3 is 2.47 bits per heavy atom. The minimum absolute atomic E-state index is 0.190. The summed E-state index contributed by atoms with van der Waals surface area (Å²) in [4.78, 5) is 14.5. The van der Waals surface area contributed by atoms with Gasteiger partial charge in [-0.2, -0.15) is 5.26 Å². The lowest BCUT2D eigenvalue weighted by atomic mass is 10.1. The van der Waals surface area contributed by atoms with Gasteiger partial charge in [0.15, 0.2) is 11.5 Å². The van der Waals surface area contributed by atoms with Gasteiger partial charge in [0.1, 0.15) is 12.4 Å². The highest BCUT2D eigenvalue weighted by molar-refractivity contribution is 6.06. The van der Waals surface area contributed by atoms with Gasteiger partial charge in [-0.15, -0.1) is 0 Å². The van der Waals surface area contributed by atoms with Crippen LogP contribution in [-0.4, -0.2) is 27.2 Å². The number of benzene rings is 3. The maximum Gasteiger partial charge on any atom is 0.258 e. The van der Waals surface area contributed by atoms with Crippen molar-refractivity contribution in [2.24, 2.45) is 0 Å². The first-order chi connectivity index (χ1) is 14.6. The van der Waals surface area contributed by atoms with Crippen molar-refractivity contribution in [3.05, 3.63) is 83.4 Å². The summed E-state index contributed by atoms with van der Waals surface area (Å²) in [6.45, 7) is 0.243. The highest BCUT2D eigenvalue weighted by Gasteiger charge is 2.16. The van der Waals surface area contributed by atoms with E-state index in [9.17, 15) is 10.1 Å². The number of hydrogen-bond acceptors (Lipinski definition) is 5. The number of amides is 1. The van der Waals surface area contributed by atoms with Gasteiger partial charge in [-0.25, -0.2) is 0 Å². The molecule has 30 heavy (non-hydrogen) atoms. The largest absolute Gasteiger partial charge is 0.493 e. The van der Waals surface area contributed by atoms with Crippen molar-refractivity contribution in [2.75, 3.05) is 26.2 Å². The van der Waals surface area contributed by atoms with Crippen LogP contribution in [0.2, 0.25) is 0 Å².